The Kier molecular flexibility index (Phi) is 12.2. The third-order valence-corrected chi connectivity index (χ3v) is 11.3. The molecule has 3 rings (SSSR count). The van der Waals surface area contributed by atoms with E-state index in [0.29, 0.717) is 17.7 Å². The number of benzene rings is 2. The van der Waals surface area contributed by atoms with Crippen molar-refractivity contribution in [2.24, 2.45) is 5.41 Å². The van der Waals surface area contributed by atoms with Crippen molar-refractivity contribution in [3.63, 3.8) is 0 Å². The van der Waals surface area contributed by atoms with Gasteiger partial charge in [-0.25, -0.2) is 4.31 Å². The van der Waals surface area contributed by atoms with Crippen molar-refractivity contribution < 1.29 is 36.7 Å². The topological polar surface area (TPSA) is 113 Å². The molecule has 2 aromatic rings. The van der Waals surface area contributed by atoms with Crippen LogP contribution in [0, 0.1) is 5.41 Å². The number of alkyl halides is 2. The number of hydrogen-bond donors (Lipinski definition) is 2. The van der Waals surface area contributed by atoms with Gasteiger partial charge < -0.3 is 15.1 Å². The summed E-state index contributed by atoms with van der Waals surface area (Å²) in [7, 11) is -9.27. The molecule has 0 spiro atoms. The normalized spacial score (nSPS) is 18.4. The Balaban J connectivity index is 1.66. The Labute approximate surface area is 265 Å². The van der Waals surface area contributed by atoms with Crippen LogP contribution in [0.5, 0.6) is 0 Å². The van der Waals surface area contributed by atoms with Gasteiger partial charge in [0.1, 0.15) is 6.04 Å². The molecule has 1 aliphatic heterocycles. The van der Waals surface area contributed by atoms with E-state index in [0.717, 1.165) is 64.0 Å². The van der Waals surface area contributed by atoms with E-state index in [-0.39, 0.29) is 11.9 Å². The number of amides is 2. The van der Waals surface area contributed by atoms with Crippen LogP contribution in [0.4, 0.5) is 8.78 Å². The van der Waals surface area contributed by atoms with Crippen LogP contribution in [0.1, 0.15) is 76.5 Å². The van der Waals surface area contributed by atoms with Crippen LogP contribution in [-0.4, -0.2) is 53.6 Å². The van der Waals surface area contributed by atoms with Crippen LogP contribution in [0.3, 0.4) is 0 Å². The molecule has 1 aliphatic rings. The summed E-state index contributed by atoms with van der Waals surface area (Å²) in [5.74, 6) is -0.609. The molecule has 2 N–H and O–H groups in total. The van der Waals surface area contributed by atoms with E-state index in [9.17, 15) is 32.4 Å². The lowest BCUT2D eigenvalue weighted by atomic mass is 9.85. The molecule has 8 nitrogen and oxygen atoms in total. The Morgan fingerprint density at radius 1 is 1.07 bits per heavy atom. The summed E-state index contributed by atoms with van der Waals surface area (Å²) in [5.41, 5.74) is -3.49. The molecule has 1 unspecified atom stereocenters. The van der Waals surface area contributed by atoms with Gasteiger partial charge in [-0.1, -0.05) is 81.8 Å². The third-order valence-electron chi connectivity index (χ3n) is 7.85. The lowest BCUT2D eigenvalue weighted by Gasteiger charge is -2.35. The van der Waals surface area contributed by atoms with Crippen LogP contribution in [0.2, 0.25) is 0 Å². The van der Waals surface area contributed by atoms with Gasteiger partial charge in [-0.15, -0.1) is 0 Å². The van der Waals surface area contributed by atoms with Gasteiger partial charge in [0.25, 0.3) is 0 Å². The molecule has 1 saturated heterocycles. The largest absolute Gasteiger partial charge is 0.407 e. The molecule has 1 fully saturated rings. The SMILES string of the molecule is C/C(=C\C(=O)N[C@H](C(=O)N1CCC[C@H]1CCCCc1ccccc1)C(C)(C)C)c1ccc(C(F)(F)P(=O)(O)OP(C)(C)=O)cc1. The summed E-state index contributed by atoms with van der Waals surface area (Å²) in [4.78, 5) is 38.7. The van der Waals surface area contributed by atoms with Crippen LogP contribution in [-0.2, 0) is 35.1 Å². The minimum atomic E-state index is -5.59. The highest BCUT2D eigenvalue weighted by Crippen LogP contribution is 2.69. The van der Waals surface area contributed by atoms with Crippen molar-refractivity contribution in [3.8, 4) is 0 Å². The second-order valence-corrected chi connectivity index (χ2v) is 17.9. The predicted molar refractivity (Wildman–Crippen MR) is 174 cm³/mol. The molecular formula is C33H46F2N2O6P2. The quantitative estimate of drug-likeness (QED) is 0.128. The lowest BCUT2D eigenvalue weighted by molar-refractivity contribution is -0.139. The number of aryl methyl sites for hydroxylation is 1. The van der Waals surface area contributed by atoms with Crippen molar-refractivity contribution in [1.82, 2.24) is 10.2 Å². The van der Waals surface area contributed by atoms with Crippen LogP contribution >= 0.6 is 15.0 Å². The van der Waals surface area contributed by atoms with E-state index in [1.807, 2.05) is 43.9 Å². The number of halogens is 2. The summed E-state index contributed by atoms with van der Waals surface area (Å²) < 4.78 is 57.9. The number of nitrogens with one attached hydrogen (secondary N) is 1. The second kappa shape index (κ2) is 14.8. The lowest BCUT2D eigenvalue weighted by Crippen LogP contribution is -2.55. The van der Waals surface area contributed by atoms with Crippen LogP contribution in [0.25, 0.3) is 5.57 Å². The Hall–Kier alpha value is -2.64. The molecule has 0 bridgehead atoms. The van der Waals surface area contributed by atoms with E-state index in [1.54, 1.807) is 6.92 Å². The number of allylic oxidation sites excluding steroid dienone is 1. The van der Waals surface area contributed by atoms with Crippen molar-refractivity contribution in [1.29, 1.82) is 0 Å². The Morgan fingerprint density at radius 3 is 2.27 bits per heavy atom. The van der Waals surface area contributed by atoms with Gasteiger partial charge in [0, 0.05) is 37.6 Å². The molecule has 1 heterocycles. The molecular weight excluding hydrogens is 620 g/mol. The molecule has 0 saturated carbocycles. The van der Waals surface area contributed by atoms with Gasteiger partial charge in [-0.3, -0.25) is 18.7 Å². The monoisotopic (exact) mass is 666 g/mol. The molecule has 12 heteroatoms. The molecule has 3 atom stereocenters. The summed E-state index contributed by atoms with van der Waals surface area (Å²) in [6.07, 6.45) is 7.10. The highest BCUT2D eigenvalue weighted by atomic mass is 31.3. The first-order valence-corrected chi connectivity index (χ1v) is 19.3. The number of carbonyl (C=O) groups excluding carboxylic acids is 2. The zero-order chi connectivity index (χ0) is 33.6. The molecule has 2 amide bonds. The second-order valence-electron chi connectivity index (χ2n) is 13.2. The molecule has 0 radical (unpaired) electrons. The minimum absolute atomic E-state index is 0.113. The highest BCUT2D eigenvalue weighted by molar-refractivity contribution is 7.68. The van der Waals surface area contributed by atoms with E-state index >= 15 is 0 Å². The standard InChI is InChI=1S/C33H46F2N2O6P2/c1-24(26-18-20-27(21-19-26)33(34,35)45(41,42)43-44(5,6)40)23-29(38)36-30(32(2,3)4)31(39)37-22-12-17-28(37)16-11-10-15-25-13-8-7-9-14-25/h7-9,13-14,18-21,23,28,30H,10-12,15-17,22H2,1-6H3,(H,36,38)(H,41,42)/b24-23+/t28-,30-/m1/s1. The number of hydrogen-bond acceptors (Lipinski definition) is 5. The van der Waals surface area contributed by atoms with Gasteiger partial charge in [0.2, 0.25) is 19.2 Å². The zero-order valence-corrected chi connectivity index (χ0v) is 28.8. The average Bonchev–Trinajstić information content (AvgIpc) is 3.41. The minimum Gasteiger partial charge on any atom is -0.340 e. The van der Waals surface area contributed by atoms with E-state index in [2.05, 4.69) is 21.8 Å². The summed E-state index contributed by atoms with van der Waals surface area (Å²) in [6.45, 7) is 9.92. The number of carbonyl (C=O) groups is 2. The number of unbranched alkanes of at least 4 members (excludes halogenated alkanes) is 1. The molecule has 0 aliphatic carbocycles. The van der Waals surface area contributed by atoms with Gasteiger partial charge in [-0.2, -0.15) is 8.78 Å². The first-order valence-electron chi connectivity index (χ1n) is 15.2. The molecule has 2 aromatic carbocycles. The van der Waals surface area contributed by atoms with E-state index < -0.39 is 43.6 Å². The first kappa shape index (κ1) is 36.8. The maximum absolute atomic E-state index is 14.8. The van der Waals surface area contributed by atoms with Crippen molar-refractivity contribution in [2.45, 2.75) is 84.0 Å². The van der Waals surface area contributed by atoms with E-state index in [4.69, 9.17) is 0 Å². The first-order chi connectivity index (χ1) is 20.8. The predicted octanol–water partition coefficient (Wildman–Crippen LogP) is 7.81. The molecule has 0 aromatic heterocycles. The van der Waals surface area contributed by atoms with Gasteiger partial charge >= 0.3 is 13.3 Å². The van der Waals surface area contributed by atoms with Crippen LogP contribution in [0.15, 0.2) is 60.7 Å². The maximum Gasteiger partial charge on any atom is 0.407 e. The molecule has 45 heavy (non-hydrogen) atoms. The summed E-state index contributed by atoms with van der Waals surface area (Å²) in [5, 5.41) is 2.88. The fourth-order valence-electron chi connectivity index (χ4n) is 5.47. The van der Waals surface area contributed by atoms with E-state index in [1.165, 1.54) is 23.8 Å². The van der Waals surface area contributed by atoms with Crippen LogP contribution < -0.4 is 5.32 Å². The maximum atomic E-state index is 14.8. The van der Waals surface area contributed by atoms with Crippen molar-refractivity contribution in [3.05, 3.63) is 77.4 Å². The number of rotatable bonds is 13. The van der Waals surface area contributed by atoms with Gasteiger partial charge in [-0.05, 0) is 61.1 Å². The summed E-state index contributed by atoms with van der Waals surface area (Å²) in [6, 6.07) is 14.2. The fraction of sp³-hybridized carbons (Fsp3) is 0.515. The third kappa shape index (κ3) is 10.2. The highest BCUT2D eigenvalue weighted by Gasteiger charge is 2.54. The van der Waals surface area contributed by atoms with Gasteiger partial charge in [0.05, 0.1) is 0 Å². The zero-order valence-electron chi connectivity index (χ0n) is 27.0. The van der Waals surface area contributed by atoms with Gasteiger partial charge in [0.15, 0.2) is 0 Å². The Morgan fingerprint density at radius 2 is 1.69 bits per heavy atom. The average molecular weight is 667 g/mol. The van der Waals surface area contributed by atoms with Crippen molar-refractivity contribution in [2.75, 3.05) is 19.9 Å². The summed E-state index contributed by atoms with van der Waals surface area (Å²) >= 11 is 0. The molecule has 248 valence electrons. The Bertz CT molecular complexity index is 1450. The number of nitrogens with zero attached hydrogens (tertiary/aromatic N) is 1. The smallest absolute Gasteiger partial charge is 0.340 e. The number of likely N-dealkylation sites (tertiary alicyclic amines) is 1. The van der Waals surface area contributed by atoms with Crippen molar-refractivity contribution >= 4 is 32.4 Å². The fourth-order valence-corrected chi connectivity index (χ4v) is 8.49.